The summed E-state index contributed by atoms with van der Waals surface area (Å²) in [4.78, 5) is 0.277. The van der Waals surface area contributed by atoms with Gasteiger partial charge in [0.05, 0.1) is 18.0 Å². The minimum absolute atomic E-state index is 0.277. The number of aryl methyl sites for hydroxylation is 3. The number of benzene rings is 2. The maximum absolute atomic E-state index is 13.2. The topological polar surface area (TPSA) is 64.6 Å². The number of fused-ring (bicyclic) bond motifs is 1. The fraction of sp³-hybridized carbons (Fsp3) is 0.429. The molecule has 1 heterocycles. The molecule has 146 valence electrons. The molecule has 0 bridgehead atoms. The Morgan fingerprint density at radius 1 is 1.11 bits per heavy atom. The van der Waals surface area contributed by atoms with Crippen molar-refractivity contribution in [2.75, 3.05) is 7.11 Å². The van der Waals surface area contributed by atoms with Gasteiger partial charge in [0.15, 0.2) is 0 Å². The van der Waals surface area contributed by atoms with Gasteiger partial charge in [-0.05, 0) is 63.9 Å². The molecule has 0 unspecified atom stereocenters. The molecule has 0 fully saturated rings. The summed E-state index contributed by atoms with van der Waals surface area (Å²) in [6.45, 7) is 9.55. The summed E-state index contributed by atoms with van der Waals surface area (Å²) in [5.74, 6) is 1.41. The Morgan fingerprint density at radius 3 is 2.48 bits per heavy atom. The highest BCUT2D eigenvalue weighted by atomic mass is 32.2. The van der Waals surface area contributed by atoms with Gasteiger partial charge in [-0.1, -0.05) is 17.7 Å². The number of methoxy groups -OCH3 is 1. The summed E-state index contributed by atoms with van der Waals surface area (Å²) in [5, 5.41) is 0. The third-order valence-corrected chi connectivity index (χ3v) is 6.52. The van der Waals surface area contributed by atoms with E-state index in [0.717, 1.165) is 22.4 Å². The number of sulfonamides is 1. The fourth-order valence-corrected chi connectivity index (χ4v) is 5.13. The Hall–Kier alpha value is -2.05. The van der Waals surface area contributed by atoms with Crippen LogP contribution in [0.15, 0.2) is 35.2 Å². The average Bonchev–Trinajstić information content (AvgIpc) is 2.56. The fourth-order valence-electron chi connectivity index (χ4n) is 3.60. The molecule has 5 nitrogen and oxygen atoms in total. The molecule has 0 aliphatic carbocycles. The van der Waals surface area contributed by atoms with E-state index in [1.54, 1.807) is 26.2 Å². The maximum atomic E-state index is 13.2. The van der Waals surface area contributed by atoms with E-state index < -0.39 is 15.6 Å². The Morgan fingerprint density at radius 2 is 1.81 bits per heavy atom. The summed E-state index contributed by atoms with van der Waals surface area (Å²) < 4.78 is 40.6. The number of hydrogen-bond donors (Lipinski definition) is 1. The summed E-state index contributed by atoms with van der Waals surface area (Å²) in [7, 11) is -2.12. The molecule has 0 saturated carbocycles. The van der Waals surface area contributed by atoms with Crippen LogP contribution in [0, 0.1) is 20.8 Å². The normalized spacial score (nSPS) is 18.5. The molecular weight excluding hydrogens is 362 g/mol. The van der Waals surface area contributed by atoms with Crippen molar-refractivity contribution in [3.63, 3.8) is 0 Å². The van der Waals surface area contributed by atoms with Gasteiger partial charge in [0.25, 0.3) is 0 Å². The van der Waals surface area contributed by atoms with E-state index in [1.807, 2.05) is 45.9 Å². The number of ether oxygens (including phenoxy) is 2. The molecule has 27 heavy (non-hydrogen) atoms. The van der Waals surface area contributed by atoms with E-state index in [2.05, 4.69) is 4.72 Å². The highest BCUT2D eigenvalue weighted by molar-refractivity contribution is 7.89. The number of hydrogen-bond acceptors (Lipinski definition) is 4. The van der Waals surface area contributed by atoms with Gasteiger partial charge in [0.2, 0.25) is 10.0 Å². The summed E-state index contributed by atoms with van der Waals surface area (Å²) in [6, 6.07) is 8.95. The zero-order valence-corrected chi connectivity index (χ0v) is 17.5. The monoisotopic (exact) mass is 389 g/mol. The van der Waals surface area contributed by atoms with E-state index in [1.165, 1.54) is 0 Å². The lowest BCUT2D eigenvalue weighted by atomic mass is 9.89. The third-order valence-electron chi connectivity index (χ3n) is 4.90. The van der Waals surface area contributed by atoms with Gasteiger partial charge < -0.3 is 9.47 Å². The summed E-state index contributed by atoms with van der Waals surface area (Å²) in [6.07, 6.45) is 0.552. The highest BCUT2D eigenvalue weighted by Gasteiger charge is 2.36. The quantitative estimate of drug-likeness (QED) is 0.851. The molecule has 1 N–H and O–H groups in total. The first-order valence-electron chi connectivity index (χ1n) is 8.99. The van der Waals surface area contributed by atoms with E-state index in [9.17, 15) is 8.42 Å². The van der Waals surface area contributed by atoms with Crippen LogP contribution in [0.3, 0.4) is 0 Å². The maximum Gasteiger partial charge on any atom is 0.241 e. The second-order valence-corrected chi connectivity index (χ2v) is 9.55. The van der Waals surface area contributed by atoms with E-state index in [-0.39, 0.29) is 10.9 Å². The molecular formula is C21H27NO4S. The Labute approximate surface area is 161 Å². The van der Waals surface area contributed by atoms with Gasteiger partial charge in [-0.3, -0.25) is 0 Å². The first-order valence-corrected chi connectivity index (χ1v) is 10.5. The zero-order chi connectivity index (χ0) is 20.0. The summed E-state index contributed by atoms with van der Waals surface area (Å²) in [5.41, 5.74) is 2.92. The highest BCUT2D eigenvalue weighted by Crippen LogP contribution is 2.40. The van der Waals surface area contributed by atoms with Gasteiger partial charge in [-0.25, -0.2) is 13.1 Å². The molecule has 0 aromatic heterocycles. The smallest absolute Gasteiger partial charge is 0.241 e. The van der Waals surface area contributed by atoms with Gasteiger partial charge >= 0.3 is 0 Å². The molecule has 2 aromatic rings. The van der Waals surface area contributed by atoms with Crippen molar-refractivity contribution in [1.29, 1.82) is 0 Å². The van der Waals surface area contributed by atoms with Crippen LogP contribution in [0.4, 0.5) is 0 Å². The Bertz CT molecular complexity index is 980. The van der Waals surface area contributed by atoms with Gasteiger partial charge in [0.1, 0.15) is 17.1 Å². The van der Waals surface area contributed by atoms with Crippen molar-refractivity contribution < 1.29 is 17.9 Å². The van der Waals surface area contributed by atoms with Crippen molar-refractivity contribution in [3.05, 3.63) is 52.6 Å². The minimum atomic E-state index is -3.70. The van der Waals surface area contributed by atoms with Crippen molar-refractivity contribution >= 4 is 10.0 Å². The summed E-state index contributed by atoms with van der Waals surface area (Å²) >= 11 is 0. The lowest BCUT2D eigenvalue weighted by molar-refractivity contribution is 0.0701. The Balaban J connectivity index is 2.02. The van der Waals surface area contributed by atoms with Crippen LogP contribution in [0.1, 0.15) is 48.6 Å². The first-order chi connectivity index (χ1) is 12.5. The van der Waals surface area contributed by atoms with Crippen LogP contribution in [0.25, 0.3) is 0 Å². The lowest BCUT2D eigenvalue weighted by Crippen LogP contribution is -2.41. The van der Waals surface area contributed by atoms with Crippen LogP contribution in [-0.2, 0) is 10.0 Å². The van der Waals surface area contributed by atoms with E-state index in [0.29, 0.717) is 17.7 Å². The van der Waals surface area contributed by atoms with Crippen LogP contribution in [-0.4, -0.2) is 21.1 Å². The molecule has 0 saturated heterocycles. The zero-order valence-electron chi connectivity index (χ0n) is 16.7. The van der Waals surface area contributed by atoms with Crippen molar-refractivity contribution in [2.24, 2.45) is 0 Å². The first kappa shape index (κ1) is 19.7. The second kappa shape index (κ2) is 6.84. The van der Waals surface area contributed by atoms with Crippen LogP contribution < -0.4 is 14.2 Å². The van der Waals surface area contributed by atoms with Crippen molar-refractivity contribution in [3.8, 4) is 11.5 Å². The molecule has 6 heteroatoms. The van der Waals surface area contributed by atoms with Gasteiger partial charge in [0, 0.05) is 12.0 Å². The molecule has 0 amide bonds. The predicted octanol–water partition coefficient (Wildman–Crippen LogP) is 4.20. The SMILES string of the molecule is COc1cc(C)c(S(=O)(=O)N[C@@H]2CC(C)(C)Oc3ccc(C)cc32)cc1C. The third kappa shape index (κ3) is 3.96. The van der Waals surface area contributed by atoms with Crippen molar-refractivity contribution in [2.45, 2.75) is 57.6 Å². The van der Waals surface area contributed by atoms with Crippen LogP contribution >= 0.6 is 0 Å². The van der Waals surface area contributed by atoms with Crippen LogP contribution in [0.2, 0.25) is 0 Å². The molecule has 0 spiro atoms. The number of nitrogens with one attached hydrogen (secondary N) is 1. The van der Waals surface area contributed by atoms with Gasteiger partial charge in [-0.2, -0.15) is 0 Å². The predicted molar refractivity (Wildman–Crippen MR) is 106 cm³/mol. The largest absolute Gasteiger partial charge is 0.496 e. The Kier molecular flexibility index (Phi) is 4.99. The molecule has 1 aliphatic heterocycles. The molecule has 0 radical (unpaired) electrons. The standard InChI is InChI=1S/C21H27NO4S/c1-13-7-8-18-16(9-13)17(12-21(4,5)26-18)22-27(23,24)20-11-14(2)19(25-6)10-15(20)3/h7-11,17,22H,12H2,1-6H3/t17-/m1/s1. The average molecular weight is 390 g/mol. The minimum Gasteiger partial charge on any atom is -0.496 e. The molecule has 2 aromatic carbocycles. The lowest BCUT2D eigenvalue weighted by Gasteiger charge is -2.38. The van der Waals surface area contributed by atoms with E-state index in [4.69, 9.17) is 9.47 Å². The van der Waals surface area contributed by atoms with E-state index >= 15 is 0 Å². The molecule has 1 aliphatic rings. The number of rotatable bonds is 4. The second-order valence-electron chi connectivity index (χ2n) is 7.87. The molecule has 3 rings (SSSR count). The van der Waals surface area contributed by atoms with Gasteiger partial charge in [-0.15, -0.1) is 0 Å². The van der Waals surface area contributed by atoms with Crippen LogP contribution in [0.5, 0.6) is 11.5 Å². The molecule has 1 atom stereocenters. The van der Waals surface area contributed by atoms with Crippen molar-refractivity contribution in [1.82, 2.24) is 4.72 Å².